The first-order valence-corrected chi connectivity index (χ1v) is 18.1. The lowest BCUT2D eigenvalue weighted by atomic mass is 9.98. The summed E-state index contributed by atoms with van der Waals surface area (Å²) in [6, 6.07) is 8.80. The van der Waals surface area contributed by atoms with Gasteiger partial charge in [-0.25, -0.2) is 17.6 Å². The standard InChI is InChI=1S/C34H43FN6O7S/c1-34(2,3)41(33(45)46)24-9-11-39(12-10-24)49(47,48)25-6-4-5-22(17-25)20-37-13-15-38(16-14-37)29-18-23-21-40(32(44)26(23)19-27(29)35)28-7-8-30(42)36-31(28)43/h4-6,17-19,24,28H,7-16,20-21H2,1-3H3,(H,45,46)(H,36,42,43). The van der Waals surface area contributed by atoms with E-state index in [1.54, 1.807) is 24.3 Å². The van der Waals surface area contributed by atoms with Gasteiger partial charge < -0.3 is 19.8 Å². The number of imide groups is 1. The Labute approximate surface area is 285 Å². The van der Waals surface area contributed by atoms with Gasteiger partial charge in [0.1, 0.15) is 11.9 Å². The second-order valence-corrected chi connectivity index (χ2v) is 16.2. The Kier molecular flexibility index (Phi) is 9.46. The summed E-state index contributed by atoms with van der Waals surface area (Å²) in [7, 11) is -3.77. The van der Waals surface area contributed by atoms with Crippen LogP contribution >= 0.6 is 0 Å². The van der Waals surface area contributed by atoms with E-state index in [1.165, 1.54) is 20.2 Å². The Hall–Kier alpha value is -4.08. The molecular formula is C34H43FN6O7S. The number of nitrogens with one attached hydrogen (secondary N) is 1. The number of nitrogens with zero attached hydrogens (tertiary/aromatic N) is 5. The second kappa shape index (κ2) is 13.3. The number of rotatable bonds is 7. The van der Waals surface area contributed by atoms with Gasteiger partial charge in [0, 0.05) is 75.9 Å². The summed E-state index contributed by atoms with van der Waals surface area (Å²) in [4.78, 5) is 56.1. The third-order valence-corrected chi connectivity index (χ3v) is 11.9. The predicted octanol–water partition coefficient (Wildman–Crippen LogP) is 2.84. The van der Waals surface area contributed by atoms with Crippen LogP contribution in [0.4, 0.5) is 14.9 Å². The molecule has 4 heterocycles. The van der Waals surface area contributed by atoms with Crippen molar-refractivity contribution in [1.82, 2.24) is 24.3 Å². The van der Waals surface area contributed by atoms with E-state index >= 15 is 4.39 Å². The van der Waals surface area contributed by atoms with Crippen LogP contribution in [0.2, 0.25) is 0 Å². The number of hydrogen-bond acceptors (Lipinski definition) is 8. The smallest absolute Gasteiger partial charge is 0.407 e. The molecule has 264 valence electrons. The SMILES string of the molecule is CC(C)(C)N(C(=O)O)C1CCN(S(=O)(=O)c2cccc(CN3CCN(c4cc5c(cc4F)C(=O)N(C4CCC(=O)NC4=O)C5)CC3)c2)CC1. The molecule has 1 atom stereocenters. The van der Waals surface area contributed by atoms with Crippen LogP contribution in [0.15, 0.2) is 41.3 Å². The number of piperazine rings is 1. The third-order valence-electron chi connectivity index (χ3n) is 9.96. The highest BCUT2D eigenvalue weighted by atomic mass is 32.2. The average Bonchev–Trinajstić information content (AvgIpc) is 3.35. The average molecular weight is 699 g/mol. The Morgan fingerprint density at radius 1 is 1.00 bits per heavy atom. The molecule has 2 aromatic carbocycles. The number of carbonyl (C=O) groups is 4. The summed E-state index contributed by atoms with van der Waals surface area (Å²) in [5.41, 5.74) is 1.52. The molecule has 0 aromatic heterocycles. The highest BCUT2D eigenvalue weighted by Gasteiger charge is 2.41. The first-order chi connectivity index (χ1) is 23.1. The van der Waals surface area contributed by atoms with Crippen LogP contribution in [-0.4, -0.2) is 113 Å². The van der Waals surface area contributed by atoms with Crippen molar-refractivity contribution >= 4 is 39.5 Å². The van der Waals surface area contributed by atoms with Gasteiger partial charge in [0.05, 0.1) is 10.6 Å². The van der Waals surface area contributed by atoms with Crippen molar-refractivity contribution in [3.8, 4) is 0 Å². The van der Waals surface area contributed by atoms with Gasteiger partial charge in [0.15, 0.2) is 0 Å². The van der Waals surface area contributed by atoms with Gasteiger partial charge >= 0.3 is 6.09 Å². The van der Waals surface area contributed by atoms with E-state index in [-0.39, 0.29) is 54.9 Å². The molecule has 4 aliphatic rings. The Balaban J connectivity index is 1.06. The van der Waals surface area contributed by atoms with E-state index in [0.717, 1.165) is 5.56 Å². The molecule has 4 aliphatic heterocycles. The van der Waals surface area contributed by atoms with Crippen LogP contribution in [-0.2, 0) is 32.7 Å². The quantitative estimate of drug-likeness (QED) is 0.416. The molecule has 15 heteroatoms. The maximum atomic E-state index is 15.4. The summed E-state index contributed by atoms with van der Waals surface area (Å²) in [5, 5.41) is 12.0. The highest BCUT2D eigenvalue weighted by molar-refractivity contribution is 7.89. The molecule has 0 bridgehead atoms. The molecule has 0 aliphatic carbocycles. The number of hydrogen-bond donors (Lipinski definition) is 2. The maximum Gasteiger partial charge on any atom is 0.407 e. The summed E-state index contributed by atoms with van der Waals surface area (Å²) in [5.74, 6) is -1.81. The first-order valence-electron chi connectivity index (χ1n) is 16.7. The predicted molar refractivity (Wildman–Crippen MR) is 178 cm³/mol. The van der Waals surface area contributed by atoms with Crippen LogP contribution in [0.5, 0.6) is 0 Å². The number of carbonyl (C=O) groups excluding carboxylic acids is 3. The number of anilines is 1. The number of sulfonamides is 1. The van der Waals surface area contributed by atoms with Gasteiger partial charge in [0.2, 0.25) is 21.8 Å². The Morgan fingerprint density at radius 2 is 1.69 bits per heavy atom. The molecule has 1 unspecified atom stereocenters. The van der Waals surface area contributed by atoms with E-state index in [2.05, 4.69) is 10.2 Å². The lowest BCUT2D eigenvalue weighted by molar-refractivity contribution is -0.136. The normalized spacial score (nSPS) is 21.6. The minimum absolute atomic E-state index is 0.145. The van der Waals surface area contributed by atoms with Gasteiger partial charge in [-0.15, -0.1) is 0 Å². The molecule has 3 saturated heterocycles. The van der Waals surface area contributed by atoms with Gasteiger partial charge in [-0.05, 0) is 75.4 Å². The minimum atomic E-state index is -3.77. The second-order valence-electron chi connectivity index (χ2n) is 14.2. The zero-order valence-corrected chi connectivity index (χ0v) is 28.8. The number of halogens is 1. The molecule has 0 saturated carbocycles. The largest absolute Gasteiger partial charge is 0.465 e. The van der Waals surface area contributed by atoms with Crippen molar-refractivity contribution in [1.29, 1.82) is 0 Å². The zero-order valence-electron chi connectivity index (χ0n) is 28.0. The van der Waals surface area contributed by atoms with Crippen LogP contribution < -0.4 is 10.2 Å². The van der Waals surface area contributed by atoms with E-state index in [4.69, 9.17) is 0 Å². The number of amides is 4. The molecule has 0 spiro atoms. The molecule has 0 radical (unpaired) electrons. The minimum Gasteiger partial charge on any atom is -0.465 e. The summed E-state index contributed by atoms with van der Waals surface area (Å²) < 4.78 is 44.0. The summed E-state index contributed by atoms with van der Waals surface area (Å²) in [6.07, 6.45) is 0.222. The van der Waals surface area contributed by atoms with Crippen molar-refractivity contribution < 1.29 is 37.1 Å². The monoisotopic (exact) mass is 698 g/mol. The fourth-order valence-corrected chi connectivity index (χ4v) is 9.05. The molecule has 13 nitrogen and oxygen atoms in total. The lowest BCUT2D eigenvalue weighted by Crippen LogP contribution is -2.55. The van der Waals surface area contributed by atoms with Crippen molar-refractivity contribution in [2.45, 2.75) is 82.1 Å². The van der Waals surface area contributed by atoms with Gasteiger partial charge in [-0.1, -0.05) is 12.1 Å². The van der Waals surface area contributed by atoms with Gasteiger partial charge in [-0.2, -0.15) is 4.31 Å². The van der Waals surface area contributed by atoms with E-state index in [0.29, 0.717) is 56.8 Å². The molecule has 2 N–H and O–H groups in total. The molecule has 6 rings (SSSR count). The zero-order chi connectivity index (χ0) is 35.2. The van der Waals surface area contributed by atoms with Crippen molar-refractivity contribution in [3.05, 3.63) is 58.9 Å². The summed E-state index contributed by atoms with van der Waals surface area (Å²) >= 11 is 0. The third kappa shape index (κ3) is 7.01. The van der Waals surface area contributed by atoms with Crippen LogP contribution in [0, 0.1) is 5.82 Å². The van der Waals surface area contributed by atoms with Crippen LogP contribution in [0.25, 0.3) is 0 Å². The number of benzene rings is 2. The number of fused-ring (bicyclic) bond motifs is 1. The molecule has 4 amide bonds. The fraction of sp³-hybridized carbons (Fsp3) is 0.529. The van der Waals surface area contributed by atoms with Crippen molar-refractivity contribution in [2.75, 3.05) is 44.2 Å². The first kappa shape index (κ1) is 34.8. The fourth-order valence-electron chi connectivity index (χ4n) is 7.51. The molecule has 2 aromatic rings. The molecular weight excluding hydrogens is 655 g/mol. The van der Waals surface area contributed by atoms with E-state index in [9.17, 15) is 32.7 Å². The van der Waals surface area contributed by atoms with Crippen LogP contribution in [0.3, 0.4) is 0 Å². The summed E-state index contributed by atoms with van der Waals surface area (Å²) in [6.45, 7) is 8.93. The molecule has 49 heavy (non-hydrogen) atoms. The van der Waals surface area contributed by atoms with Crippen molar-refractivity contribution in [2.24, 2.45) is 0 Å². The van der Waals surface area contributed by atoms with Crippen molar-refractivity contribution in [3.63, 3.8) is 0 Å². The van der Waals surface area contributed by atoms with E-state index in [1.807, 2.05) is 31.7 Å². The topological polar surface area (TPSA) is 151 Å². The highest BCUT2D eigenvalue weighted by Crippen LogP contribution is 2.33. The van der Waals surface area contributed by atoms with Gasteiger partial charge in [0.25, 0.3) is 5.91 Å². The number of piperidine rings is 2. The number of carboxylic acid groups (broad SMARTS) is 1. The Bertz CT molecular complexity index is 1760. The van der Waals surface area contributed by atoms with Gasteiger partial charge in [-0.3, -0.25) is 24.6 Å². The molecule has 3 fully saturated rings. The Morgan fingerprint density at radius 3 is 2.33 bits per heavy atom. The van der Waals surface area contributed by atoms with E-state index < -0.39 is 45.3 Å². The van der Waals surface area contributed by atoms with Crippen LogP contribution in [0.1, 0.15) is 67.9 Å². The maximum absolute atomic E-state index is 15.4. The lowest BCUT2D eigenvalue weighted by Gasteiger charge is -2.43.